The maximum atomic E-state index is 14.0. The molecule has 0 atom stereocenters. The Hall–Kier alpha value is -2.45. The average Bonchev–Trinajstić information content (AvgIpc) is 2.51. The van der Waals surface area contributed by atoms with Crippen molar-refractivity contribution in [3.05, 3.63) is 59.2 Å². The molecule has 124 valence electrons. The summed E-state index contributed by atoms with van der Waals surface area (Å²) in [6, 6.07) is 8.18. The van der Waals surface area contributed by atoms with Crippen LogP contribution >= 0.6 is 0 Å². The summed E-state index contributed by atoms with van der Waals surface area (Å²) >= 11 is 0. The van der Waals surface area contributed by atoms with E-state index in [4.69, 9.17) is 4.74 Å². The van der Waals surface area contributed by atoms with Crippen LogP contribution in [-0.4, -0.2) is 21.2 Å². The van der Waals surface area contributed by atoms with E-state index < -0.39 is 25.7 Å². The summed E-state index contributed by atoms with van der Waals surface area (Å²) in [7, 11) is -0.335. The fourth-order valence-electron chi connectivity index (χ4n) is 2.08. The lowest BCUT2D eigenvalue weighted by Gasteiger charge is -2.09. The van der Waals surface area contributed by atoms with Crippen LogP contribution in [0.2, 0.25) is 19.6 Å². The van der Waals surface area contributed by atoms with Crippen LogP contribution in [0.5, 0.6) is 0 Å². The van der Waals surface area contributed by atoms with E-state index in [1.54, 1.807) is 12.1 Å². The van der Waals surface area contributed by atoms with Crippen molar-refractivity contribution in [2.75, 3.05) is 7.11 Å². The minimum atomic E-state index is -1.62. The predicted molar refractivity (Wildman–Crippen MR) is 93.4 cm³/mol. The van der Waals surface area contributed by atoms with Crippen molar-refractivity contribution >= 4 is 14.0 Å². The maximum absolute atomic E-state index is 14.0. The number of carbonyl (C=O) groups is 1. The molecule has 0 unspecified atom stereocenters. The number of ether oxygens (including phenoxy) is 1. The van der Waals surface area contributed by atoms with E-state index in [9.17, 15) is 13.6 Å². The van der Waals surface area contributed by atoms with Crippen LogP contribution in [0.3, 0.4) is 0 Å². The standard InChI is InChI=1S/C19H18F2O2Si/c1-23-19(22)17-11-14(16-8-7-15(20)12-18(16)21)6-5-13(17)9-10-24(2,3)4/h5-8,11-12H,1-4H3. The number of hydrogen-bond donors (Lipinski definition) is 0. The minimum absolute atomic E-state index is 0.214. The Labute approximate surface area is 141 Å². The maximum Gasteiger partial charge on any atom is 0.339 e. The lowest BCUT2D eigenvalue weighted by atomic mass is 9.99. The Kier molecular flexibility index (Phi) is 5.20. The molecular weight excluding hydrogens is 326 g/mol. The van der Waals surface area contributed by atoms with Crippen molar-refractivity contribution in [1.82, 2.24) is 0 Å². The number of esters is 1. The van der Waals surface area contributed by atoms with Gasteiger partial charge in [-0.25, -0.2) is 13.6 Å². The zero-order valence-electron chi connectivity index (χ0n) is 14.0. The quantitative estimate of drug-likeness (QED) is 0.450. The van der Waals surface area contributed by atoms with Gasteiger partial charge in [-0.1, -0.05) is 31.6 Å². The van der Waals surface area contributed by atoms with Gasteiger partial charge in [-0.05, 0) is 29.8 Å². The van der Waals surface area contributed by atoms with Crippen LogP contribution in [-0.2, 0) is 4.74 Å². The molecule has 2 nitrogen and oxygen atoms in total. The Balaban J connectivity index is 2.58. The first kappa shape index (κ1) is 17.9. The molecule has 2 aromatic rings. The van der Waals surface area contributed by atoms with Gasteiger partial charge in [0.15, 0.2) is 0 Å². The Bertz CT molecular complexity index is 843. The van der Waals surface area contributed by atoms with Crippen LogP contribution in [0, 0.1) is 23.1 Å². The third kappa shape index (κ3) is 4.30. The molecule has 0 N–H and O–H groups in total. The molecule has 0 amide bonds. The highest BCUT2D eigenvalue weighted by Gasteiger charge is 2.15. The van der Waals surface area contributed by atoms with Gasteiger partial charge < -0.3 is 4.74 Å². The molecule has 0 fully saturated rings. The second-order valence-corrected chi connectivity index (χ2v) is 11.1. The number of methoxy groups -OCH3 is 1. The highest BCUT2D eigenvalue weighted by Crippen LogP contribution is 2.26. The fourth-order valence-corrected chi connectivity index (χ4v) is 2.59. The van der Waals surface area contributed by atoms with Gasteiger partial charge in [0.1, 0.15) is 19.7 Å². The van der Waals surface area contributed by atoms with E-state index in [0.29, 0.717) is 11.1 Å². The van der Waals surface area contributed by atoms with Crippen molar-refractivity contribution in [3.8, 4) is 22.6 Å². The van der Waals surface area contributed by atoms with E-state index in [1.165, 1.54) is 25.3 Å². The van der Waals surface area contributed by atoms with E-state index >= 15 is 0 Å². The summed E-state index contributed by atoms with van der Waals surface area (Å²) in [5, 5.41) is 0. The Morgan fingerprint density at radius 1 is 1.08 bits per heavy atom. The number of halogens is 2. The normalized spacial score (nSPS) is 10.8. The molecule has 0 aliphatic carbocycles. The molecule has 2 rings (SSSR count). The second kappa shape index (κ2) is 6.98. The van der Waals surface area contributed by atoms with E-state index in [-0.39, 0.29) is 11.1 Å². The smallest absolute Gasteiger partial charge is 0.339 e. The van der Waals surface area contributed by atoms with E-state index in [0.717, 1.165) is 6.07 Å². The lowest BCUT2D eigenvalue weighted by Crippen LogP contribution is -2.16. The van der Waals surface area contributed by atoms with Crippen molar-refractivity contribution in [1.29, 1.82) is 0 Å². The van der Waals surface area contributed by atoms with Gasteiger partial charge in [0.05, 0.1) is 12.7 Å². The van der Waals surface area contributed by atoms with Crippen molar-refractivity contribution in [3.63, 3.8) is 0 Å². The Morgan fingerprint density at radius 2 is 1.79 bits per heavy atom. The largest absolute Gasteiger partial charge is 0.465 e. The first-order valence-corrected chi connectivity index (χ1v) is 10.9. The summed E-state index contributed by atoms with van der Waals surface area (Å²) in [5.41, 5.74) is 4.68. The summed E-state index contributed by atoms with van der Waals surface area (Å²) < 4.78 is 31.9. The fraction of sp³-hybridized carbons (Fsp3) is 0.211. The molecule has 2 aromatic carbocycles. The van der Waals surface area contributed by atoms with Gasteiger partial charge in [-0.3, -0.25) is 0 Å². The van der Waals surface area contributed by atoms with Crippen molar-refractivity contribution in [2.24, 2.45) is 0 Å². The highest BCUT2D eigenvalue weighted by atomic mass is 28.3. The van der Waals surface area contributed by atoms with Gasteiger partial charge in [-0.15, -0.1) is 5.54 Å². The number of carbonyl (C=O) groups excluding carboxylic acids is 1. The Morgan fingerprint density at radius 3 is 2.38 bits per heavy atom. The second-order valence-electron chi connectivity index (χ2n) is 6.38. The molecule has 0 heterocycles. The van der Waals surface area contributed by atoms with Gasteiger partial charge in [0.2, 0.25) is 0 Å². The average molecular weight is 344 g/mol. The molecule has 0 radical (unpaired) electrons. The van der Waals surface area contributed by atoms with Gasteiger partial charge >= 0.3 is 5.97 Å². The molecule has 0 aromatic heterocycles. The number of benzene rings is 2. The minimum Gasteiger partial charge on any atom is -0.465 e. The lowest BCUT2D eigenvalue weighted by molar-refractivity contribution is 0.0600. The summed E-state index contributed by atoms with van der Waals surface area (Å²) in [6.45, 7) is 6.29. The predicted octanol–water partition coefficient (Wildman–Crippen LogP) is 4.65. The molecule has 0 saturated carbocycles. The van der Waals surface area contributed by atoms with Crippen molar-refractivity contribution < 1.29 is 18.3 Å². The molecule has 24 heavy (non-hydrogen) atoms. The van der Waals surface area contributed by atoms with E-state index in [1.807, 2.05) is 0 Å². The van der Waals surface area contributed by atoms with Gasteiger partial charge in [0, 0.05) is 17.2 Å². The molecule has 0 aliphatic rings. The van der Waals surface area contributed by atoms with Crippen LogP contribution < -0.4 is 0 Å². The number of hydrogen-bond acceptors (Lipinski definition) is 2. The van der Waals surface area contributed by atoms with E-state index in [2.05, 4.69) is 31.1 Å². The first-order valence-electron chi connectivity index (χ1n) is 7.42. The third-order valence-corrected chi connectivity index (χ3v) is 4.11. The van der Waals surface area contributed by atoms with Crippen LogP contribution in [0.15, 0.2) is 36.4 Å². The molecule has 0 bridgehead atoms. The molecule has 5 heteroatoms. The van der Waals surface area contributed by atoms with Crippen LogP contribution in [0.4, 0.5) is 8.78 Å². The van der Waals surface area contributed by atoms with Crippen LogP contribution in [0.25, 0.3) is 11.1 Å². The molecule has 0 aliphatic heterocycles. The summed E-state index contributed by atoms with van der Waals surface area (Å²) in [5.74, 6) is 1.15. The molecule has 0 spiro atoms. The third-order valence-electron chi connectivity index (χ3n) is 3.24. The van der Waals surface area contributed by atoms with Crippen molar-refractivity contribution in [2.45, 2.75) is 19.6 Å². The highest BCUT2D eigenvalue weighted by molar-refractivity contribution is 6.83. The zero-order chi connectivity index (χ0) is 17.9. The topological polar surface area (TPSA) is 26.3 Å². The van der Waals surface area contributed by atoms with Crippen LogP contribution in [0.1, 0.15) is 15.9 Å². The zero-order valence-corrected chi connectivity index (χ0v) is 15.0. The summed E-state index contributed by atoms with van der Waals surface area (Å²) in [6.07, 6.45) is 0. The number of rotatable bonds is 2. The molecular formula is C19H18F2O2Si. The van der Waals surface area contributed by atoms with Gasteiger partial charge in [-0.2, -0.15) is 0 Å². The SMILES string of the molecule is COC(=O)c1cc(-c2ccc(F)cc2F)ccc1C#C[Si](C)(C)C. The first-order chi connectivity index (χ1) is 11.2. The summed E-state index contributed by atoms with van der Waals surface area (Å²) in [4.78, 5) is 12.0. The molecule has 0 saturated heterocycles. The monoisotopic (exact) mass is 344 g/mol. The van der Waals surface area contributed by atoms with Gasteiger partial charge in [0.25, 0.3) is 0 Å².